The summed E-state index contributed by atoms with van der Waals surface area (Å²) in [5.74, 6) is 2.20. The van der Waals surface area contributed by atoms with Crippen LogP contribution in [0.1, 0.15) is 5.56 Å². The van der Waals surface area contributed by atoms with Gasteiger partial charge in [-0.1, -0.05) is 23.7 Å². The van der Waals surface area contributed by atoms with Crippen LogP contribution in [0.4, 0.5) is 0 Å². The number of likely N-dealkylation sites (N-methyl/N-ethyl adjacent to an activating group) is 1. The van der Waals surface area contributed by atoms with Gasteiger partial charge in [0.25, 0.3) is 0 Å². The molecule has 2 atom stereocenters. The van der Waals surface area contributed by atoms with Crippen molar-refractivity contribution in [1.29, 1.82) is 0 Å². The zero-order valence-corrected chi connectivity index (χ0v) is 11.6. The van der Waals surface area contributed by atoms with Gasteiger partial charge in [0, 0.05) is 22.6 Å². The molecule has 1 aliphatic rings. The summed E-state index contributed by atoms with van der Waals surface area (Å²) in [5, 5.41) is 4.15. The molecule has 2 unspecified atom stereocenters. The summed E-state index contributed by atoms with van der Waals surface area (Å²) >= 11 is 7.86. The molecule has 0 aromatic heterocycles. The van der Waals surface area contributed by atoms with Crippen LogP contribution in [0, 0.1) is 0 Å². The maximum atomic E-state index is 5.89. The molecule has 2 nitrogen and oxygen atoms in total. The summed E-state index contributed by atoms with van der Waals surface area (Å²) < 4.78 is 5.82. The average Bonchev–Trinajstić information content (AvgIpc) is 2.39. The molecule has 0 spiro atoms. The number of thioether (sulfide) groups is 1. The number of rotatable bonds is 4. The van der Waals surface area contributed by atoms with Crippen LogP contribution in [0.25, 0.3) is 0 Å². The fourth-order valence-corrected chi connectivity index (χ4v) is 3.10. The SMILES string of the molecule is CNC(Cc1ccc(Cl)cc1)C1CSCCO1. The van der Waals surface area contributed by atoms with Gasteiger partial charge in [-0.15, -0.1) is 0 Å². The summed E-state index contributed by atoms with van der Waals surface area (Å²) in [6.45, 7) is 0.869. The lowest BCUT2D eigenvalue weighted by atomic mass is 10.0. The molecule has 1 aromatic rings. The highest BCUT2D eigenvalue weighted by Gasteiger charge is 2.23. The average molecular weight is 272 g/mol. The number of hydrogen-bond donors (Lipinski definition) is 1. The van der Waals surface area contributed by atoms with Crippen molar-refractivity contribution in [2.75, 3.05) is 25.2 Å². The standard InChI is InChI=1S/C13H18ClNOS/c1-15-12(13-9-17-7-6-16-13)8-10-2-4-11(14)5-3-10/h2-5,12-13,15H,6-9H2,1H3. The Hall–Kier alpha value is -0.220. The summed E-state index contributed by atoms with van der Waals surface area (Å²) in [4.78, 5) is 0. The van der Waals surface area contributed by atoms with Gasteiger partial charge in [0.05, 0.1) is 12.7 Å². The highest BCUT2D eigenvalue weighted by Crippen LogP contribution is 2.18. The minimum atomic E-state index is 0.314. The monoisotopic (exact) mass is 271 g/mol. The molecule has 0 amide bonds. The minimum Gasteiger partial charge on any atom is -0.375 e. The van der Waals surface area contributed by atoms with E-state index in [4.69, 9.17) is 16.3 Å². The van der Waals surface area contributed by atoms with Gasteiger partial charge >= 0.3 is 0 Å². The van der Waals surface area contributed by atoms with Crippen LogP contribution in [0.15, 0.2) is 24.3 Å². The highest BCUT2D eigenvalue weighted by molar-refractivity contribution is 7.99. The van der Waals surface area contributed by atoms with Crippen molar-refractivity contribution in [2.24, 2.45) is 0 Å². The lowest BCUT2D eigenvalue weighted by molar-refractivity contribution is 0.0492. The molecule has 1 fully saturated rings. The van der Waals surface area contributed by atoms with Crippen LogP contribution in [-0.4, -0.2) is 37.3 Å². The molecule has 94 valence electrons. The van der Waals surface area contributed by atoms with Gasteiger partial charge in [-0.2, -0.15) is 11.8 Å². The minimum absolute atomic E-state index is 0.314. The Morgan fingerprint density at radius 3 is 2.82 bits per heavy atom. The molecule has 4 heteroatoms. The topological polar surface area (TPSA) is 21.3 Å². The third kappa shape index (κ3) is 3.88. The molecule has 0 saturated carbocycles. The number of nitrogens with one attached hydrogen (secondary N) is 1. The van der Waals surface area contributed by atoms with Crippen molar-refractivity contribution in [1.82, 2.24) is 5.32 Å². The molecule has 0 bridgehead atoms. The Balaban J connectivity index is 1.96. The van der Waals surface area contributed by atoms with E-state index in [0.29, 0.717) is 12.1 Å². The van der Waals surface area contributed by atoms with E-state index in [9.17, 15) is 0 Å². The Morgan fingerprint density at radius 1 is 1.47 bits per heavy atom. The Bertz CT molecular complexity index is 338. The number of benzene rings is 1. The largest absolute Gasteiger partial charge is 0.375 e. The Labute approximate surface area is 112 Å². The second-order valence-electron chi connectivity index (χ2n) is 4.21. The lowest BCUT2D eigenvalue weighted by Crippen LogP contribution is -2.44. The van der Waals surface area contributed by atoms with E-state index < -0.39 is 0 Å². The van der Waals surface area contributed by atoms with E-state index in [1.165, 1.54) is 5.56 Å². The van der Waals surface area contributed by atoms with Crippen LogP contribution in [0.5, 0.6) is 0 Å². The molecule has 0 aliphatic carbocycles. The van der Waals surface area contributed by atoms with Crippen LogP contribution in [0.3, 0.4) is 0 Å². The first-order valence-electron chi connectivity index (χ1n) is 5.90. The maximum Gasteiger partial charge on any atom is 0.0821 e. The third-order valence-electron chi connectivity index (χ3n) is 3.03. The van der Waals surface area contributed by atoms with Crippen molar-refractivity contribution < 1.29 is 4.74 Å². The maximum absolute atomic E-state index is 5.89. The molecule has 1 saturated heterocycles. The van der Waals surface area contributed by atoms with Gasteiger partial charge in [0.15, 0.2) is 0 Å². The molecule has 0 radical (unpaired) electrons. The molecule has 2 rings (SSSR count). The molecule has 1 N–H and O–H groups in total. The van der Waals surface area contributed by atoms with E-state index >= 15 is 0 Å². The van der Waals surface area contributed by atoms with Crippen molar-refractivity contribution in [3.63, 3.8) is 0 Å². The first-order chi connectivity index (χ1) is 8.29. The van der Waals surface area contributed by atoms with Crippen molar-refractivity contribution in [3.8, 4) is 0 Å². The van der Waals surface area contributed by atoms with Crippen molar-refractivity contribution in [3.05, 3.63) is 34.9 Å². The third-order valence-corrected chi connectivity index (χ3v) is 4.30. The molecular weight excluding hydrogens is 254 g/mol. The van der Waals surface area contributed by atoms with Crippen molar-refractivity contribution in [2.45, 2.75) is 18.6 Å². The molecular formula is C13H18ClNOS. The molecule has 17 heavy (non-hydrogen) atoms. The van der Waals surface area contributed by atoms with Gasteiger partial charge in [0.1, 0.15) is 0 Å². The van der Waals surface area contributed by atoms with E-state index in [-0.39, 0.29) is 0 Å². The molecule has 1 aliphatic heterocycles. The fourth-order valence-electron chi connectivity index (χ4n) is 2.03. The van der Waals surface area contributed by atoms with Gasteiger partial charge in [-0.3, -0.25) is 0 Å². The number of ether oxygens (including phenoxy) is 1. The van der Waals surface area contributed by atoms with Gasteiger partial charge < -0.3 is 10.1 Å². The summed E-state index contributed by atoms with van der Waals surface area (Å²) in [5.41, 5.74) is 1.30. The predicted octanol–water partition coefficient (Wildman–Crippen LogP) is 2.60. The Morgan fingerprint density at radius 2 is 2.24 bits per heavy atom. The van der Waals surface area contributed by atoms with Crippen LogP contribution < -0.4 is 5.32 Å². The van der Waals surface area contributed by atoms with E-state index in [2.05, 4.69) is 17.4 Å². The van der Waals surface area contributed by atoms with Crippen LogP contribution in [0.2, 0.25) is 5.02 Å². The number of hydrogen-bond acceptors (Lipinski definition) is 3. The predicted molar refractivity (Wildman–Crippen MR) is 75.1 cm³/mol. The van der Waals surface area contributed by atoms with Gasteiger partial charge in [0.2, 0.25) is 0 Å². The van der Waals surface area contributed by atoms with Gasteiger partial charge in [-0.05, 0) is 31.2 Å². The molecule has 1 aromatic carbocycles. The first-order valence-corrected chi connectivity index (χ1v) is 7.44. The van der Waals surface area contributed by atoms with Gasteiger partial charge in [-0.25, -0.2) is 0 Å². The fraction of sp³-hybridized carbons (Fsp3) is 0.538. The zero-order chi connectivity index (χ0) is 12.1. The normalized spacial score (nSPS) is 22.4. The van der Waals surface area contributed by atoms with E-state index in [0.717, 1.165) is 29.6 Å². The Kier molecular flexibility index (Phi) is 5.16. The first kappa shape index (κ1) is 13.2. The zero-order valence-electron chi connectivity index (χ0n) is 9.99. The molecule has 1 heterocycles. The van der Waals surface area contributed by atoms with E-state index in [1.807, 2.05) is 30.9 Å². The smallest absolute Gasteiger partial charge is 0.0821 e. The number of halogens is 1. The van der Waals surface area contributed by atoms with Crippen LogP contribution in [-0.2, 0) is 11.2 Å². The second-order valence-corrected chi connectivity index (χ2v) is 5.80. The summed E-state index contributed by atoms with van der Waals surface area (Å²) in [6.07, 6.45) is 1.30. The van der Waals surface area contributed by atoms with E-state index in [1.54, 1.807) is 0 Å². The summed E-state index contributed by atoms with van der Waals surface area (Å²) in [6, 6.07) is 8.44. The van der Waals surface area contributed by atoms with Crippen molar-refractivity contribution >= 4 is 23.4 Å². The van der Waals surface area contributed by atoms with Crippen LogP contribution >= 0.6 is 23.4 Å². The highest BCUT2D eigenvalue weighted by atomic mass is 35.5. The summed E-state index contributed by atoms with van der Waals surface area (Å²) in [7, 11) is 2.00. The quantitative estimate of drug-likeness (QED) is 0.910. The second kappa shape index (κ2) is 6.64. The lowest BCUT2D eigenvalue weighted by Gasteiger charge is -2.30.